The molecule has 0 aromatic heterocycles. The third kappa shape index (κ3) is 4.23. The normalized spacial score (nSPS) is 22.9. The molecule has 0 radical (unpaired) electrons. The third-order valence-electron chi connectivity index (χ3n) is 5.46. The Kier molecular flexibility index (Phi) is 5.48. The van der Waals surface area contributed by atoms with Gasteiger partial charge in [-0.05, 0) is 18.1 Å². The monoisotopic (exact) mass is 414 g/mol. The minimum Gasteiger partial charge on any atom is -0.429 e. The van der Waals surface area contributed by atoms with Gasteiger partial charge in [-0.1, -0.05) is 31.4 Å². The molecule has 8 heteroatoms. The van der Waals surface area contributed by atoms with Gasteiger partial charge in [0.2, 0.25) is 0 Å². The van der Waals surface area contributed by atoms with E-state index in [0.717, 1.165) is 12.1 Å². The van der Waals surface area contributed by atoms with Crippen molar-refractivity contribution in [2.24, 2.45) is 11.8 Å². The molecule has 0 amide bonds. The second-order valence-electron chi connectivity index (χ2n) is 7.39. The van der Waals surface area contributed by atoms with Crippen molar-refractivity contribution < 1.29 is 36.2 Å². The number of ether oxygens (including phenoxy) is 3. The highest BCUT2D eigenvalue weighted by atomic mass is 19.3. The van der Waals surface area contributed by atoms with E-state index in [4.69, 9.17) is 9.47 Å². The number of halogens is 5. The summed E-state index contributed by atoms with van der Waals surface area (Å²) in [5.41, 5.74) is 0.0463. The first-order chi connectivity index (χ1) is 13.8. The highest BCUT2D eigenvalue weighted by Gasteiger charge is 2.36. The van der Waals surface area contributed by atoms with Gasteiger partial charge in [-0.25, -0.2) is 13.2 Å². The van der Waals surface area contributed by atoms with Crippen LogP contribution in [0.2, 0.25) is 0 Å². The van der Waals surface area contributed by atoms with E-state index in [1.54, 1.807) is 0 Å². The summed E-state index contributed by atoms with van der Waals surface area (Å²) in [6.45, 7) is 1.14. The van der Waals surface area contributed by atoms with Crippen molar-refractivity contribution >= 4 is 0 Å². The Hall–Kier alpha value is -2.19. The Morgan fingerprint density at radius 1 is 0.862 bits per heavy atom. The molecular formula is C21H19F5O3. The van der Waals surface area contributed by atoms with Crippen molar-refractivity contribution in [3.05, 3.63) is 65.0 Å². The molecule has 0 unspecified atom stereocenters. The fourth-order valence-corrected chi connectivity index (χ4v) is 3.53. The first-order valence-electron chi connectivity index (χ1n) is 9.38. The van der Waals surface area contributed by atoms with Crippen LogP contribution in [0, 0.1) is 29.3 Å². The molecule has 1 saturated carbocycles. The number of hydrogen-bond acceptors (Lipinski definition) is 3. The average molecular weight is 414 g/mol. The van der Waals surface area contributed by atoms with Gasteiger partial charge in [0.15, 0.2) is 23.7 Å². The fraction of sp³-hybridized carbons (Fsp3) is 0.429. The first kappa shape index (κ1) is 20.1. The van der Waals surface area contributed by atoms with Gasteiger partial charge in [-0.3, -0.25) is 0 Å². The molecule has 4 rings (SSSR count). The van der Waals surface area contributed by atoms with Gasteiger partial charge in [0.1, 0.15) is 5.75 Å². The van der Waals surface area contributed by atoms with E-state index in [1.165, 1.54) is 31.4 Å². The molecule has 0 spiro atoms. The average Bonchev–Trinajstić information content (AvgIpc) is 2.65. The molecule has 2 aliphatic rings. The molecule has 156 valence electrons. The van der Waals surface area contributed by atoms with Crippen molar-refractivity contribution in [1.29, 1.82) is 0 Å². The second kappa shape index (κ2) is 7.91. The van der Waals surface area contributed by atoms with Crippen LogP contribution in [0.4, 0.5) is 22.0 Å². The predicted octanol–water partition coefficient (Wildman–Crippen LogP) is 5.69. The SMILES string of the molecule is Fc1cc(OC(F)(F)c2ccc(C3OCC(C4CCC4)CO3)cc2)cc(F)c1F. The van der Waals surface area contributed by atoms with Gasteiger partial charge in [0.05, 0.1) is 18.8 Å². The molecule has 1 saturated heterocycles. The summed E-state index contributed by atoms with van der Waals surface area (Å²) in [6.07, 6.45) is -0.894. The smallest absolute Gasteiger partial charge is 0.426 e. The lowest BCUT2D eigenvalue weighted by Crippen LogP contribution is -2.35. The Morgan fingerprint density at radius 2 is 1.45 bits per heavy atom. The third-order valence-corrected chi connectivity index (χ3v) is 5.46. The van der Waals surface area contributed by atoms with E-state index in [1.807, 2.05) is 0 Å². The molecule has 29 heavy (non-hydrogen) atoms. The number of hydrogen-bond donors (Lipinski definition) is 0. The molecule has 1 heterocycles. The molecule has 0 bridgehead atoms. The number of benzene rings is 2. The van der Waals surface area contributed by atoms with Crippen LogP contribution in [0.3, 0.4) is 0 Å². The van der Waals surface area contributed by atoms with Crippen molar-refractivity contribution in [3.63, 3.8) is 0 Å². The van der Waals surface area contributed by atoms with Crippen LogP contribution in [0.25, 0.3) is 0 Å². The van der Waals surface area contributed by atoms with E-state index in [-0.39, 0.29) is 0 Å². The van der Waals surface area contributed by atoms with Crippen molar-refractivity contribution in [2.45, 2.75) is 31.7 Å². The lowest BCUT2D eigenvalue weighted by atomic mass is 9.76. The Labute approximate surface area is 164 Å². The van der Waals surface area contributed by atoms with Gasteiger partial charge < -0.3 is 14.2 Å². The van der Waals surface area contributed by atoms with Gasteiger partial charge in [0, 0.05) is 23.6 Å². The minimum absolute atomic E-state index is 0.364. The Morgan fingerprint density at radius 3 is 1.97 bits per heavy atom. The van der Waals surface area contributed by atoms with Crippen molar-refractivity contribution in [1.82, 2.24) is 0 Å². The fourth-order valence-electron chi connectivity index (χ4n) is 3.53. The zero-order valence-corrected chi connectivity index (χ0v) is 15.3. The Balaban J connectivity index is 1.41. The van der Waals surface area contributed by atoms with E-state index >= 15 is 0 Å². The summed E-state index contributed by atoms with van der Waals surface area (Å²) in [5, 5.41) is 0. The van der Waals surface area contributed by atoms with Gasteiger partial charge in [-0.2, -0.15) is 8.78 Å². The van der Waals surface area contributed by atoms with Crippen LogP contribution in [0.5, 0.6) is 5.75 Å². The standard InChI is InChI=1S/C21H19F5O3/c22-17-8-16(9-18(23)19(17)24)29-21(25,26)15-6-4-13(5-7-15)20-27-10-14(11-28-20)12-2-1-3-12/h4-9,12,14,20H,1-3,10-11H2. The number of rotatable bonds is 5. The van der Waals surface area contributed by atoms with E-state index < -0.39 is 41.2 Å². The van der Waals surface area contributed by atoms with Gasteiger partial charge in [0.25, 0.3) is 0 Å². The van der Waals surface area contributed by atoms with E-state index in [9.17, 15) is 22.0 Å². The molecule has 2 fully saturated rings. The molecule has 2 aromatic carbocycles. The highest BCUT2D eigenvalue weighted by molar-refractivity contribution is 5.29. The van der Waals surface area contributed by atoms with Crippen LogP contribution in [-0.4, -0.2) is 13.2 Å². The van der Waals surface area contributed by atoms with Crippen LogP contribution in [-0.2, 0) is 15.6 Å². The minimum atomic E-state index is -3.88. The summed E-state index contributed by atoms with van der Waals surface area (Å²) in [5.74, 6) is -4.80. The summed E-state index contributed by atoms with van der Waals surface area (Å²) < 4.78 is 83.9. The topological polar surface area (TPSA) is 27.7 Å². The van der Waals surface area contributed by atoms with E-state index in [0.29, 0.717) is 42.7 Å². The molecular weight excluding hydrogens is 395 g/mol. The zero-order valence-electron chi connectivity index (χ0n) is 15.3. The number of alkyl halides is 2. The maximum atomic E-state index is 14.3. The molecule has 1 aliphatic heterocycles. The maximum Gasteiger partial charge on any atom is 0.426 e. The van der Waals surface area contributed by atoms with Crippen LogP contribution >= 0.6 is 0 Å². The quantitative estimate of drug-likeness (QED) is 0.465. The molecule has 1 aliphatic carbocycles. The summed E-state index contributed by atoms with van der Waals surface area (Å²) in [7, 11) is 0. The predicted molar refractivity (Wildman–Crippen MR) is 92.8 cm³/mol. The van der Waals surface area contributed by atoms with Crippen molar-refractivity contribution in [2.75, 3.05) is 13.2 Å². The molecule has 3 nitrogen and oxygen atoms in total. The lowest BCUT2D eigenvalue weighted by Gasteiger charge is -2.38. The van der Waals surface area contributed by atoms with Crippen molar-refractivity contribution in [3.8, 4) is 5.75 Å². The summed E-state index contributed by atoms with van der Waals surface area (Å²) in [4.78, 5) is 0. The van der Waals surface area contributed by atoms with Crippen LogP contribution in [0.1, 0.15) is 36.7 Å². The maximum absolute atomic E-state index is 14.3. The largest absolute Gasteiger partial charge is 0.429 e. The summed E-state index contributed by atoms with van der Waals surface area (Å²) in [6, 6.07) is 5.82. The lowest BCUT2D eigenvalue weighted by molar-refractivity contribution is -0.217. The molecule has 2 aromatic rings. The van der Waals surface area contributed by atoms with E-state index in [2.05, 4.69) is 4.74 Å². The van der Waals surface area contributed by atoms with Crippen LogP contribution < -0.4 is 4.74 Å². The molecule has 0 atom stereocenters. The highest BCUT2D eigenvalue weighted by Crippen LogP contribution is 2.38. The van der Waals surface area contributed by atoms with Crippen LogP contribution in [0.15, 0.2) is 36.4 Å². The first-order valence-corrected chi connectivity index (χ1v) is 9.38. The van der Waals surface area contributed by atoms with Gasteiger partial charge >= 0.3 is 6.11 Å². The van der Waals surface area contributed by atoms with Gasteiger partial charge in [-0.15, -0.1) is 0 Å². The summed E-state index contributed by atoms with van der Waals surface area (Å²) >= 11 is 0. The second-order valence-corrected chi connectivity index (χ2v) is 7.39. The Bertz CT molecular complexity index is 836. The molecule has 0 N–H and O–H groups in total. The zero-order chi connectivity index (χ0) is 20.6.